The van der Waals surface area contributed by atoms with Crippen LogP contribution in [0.2, 0.25) is 5.02 Å². The maximum absolute atomic E-state index is 13.8. The summed E-state index contributed by atoms with van der Waals surface area (Å²) in [7, 11) is 1.91. The minimum Gasteiger partial charge on any atom is -0.338 e. The van der Waals surface area contributed by atoms with Gasteiger partial charge in [0.15, 0.2) is 5.65 Å². The molecule has 4 aromatic heterocycles. The molecule has 0 saturated heterocycles. The van der Waals surface area contributed by atoms with Crippen molar-refractivity contribution in [3.05, 3.63) is 88.4 Å². The predicted molar refractivity (Wildman–Crippen MR) is 135 cm³/mol. The van der Waals surface area contributed by atoms with E-state index in [0.717, 1.165) is 22.0 Å². The molecule has 0 aliphatic heterocycles. The lowest BCUT2D eigenvalue weighted by atomic mass is 10.0. The molecule has 0 aliphatic rings. The maximum Gasteiger partial charge on any atom is 0.253 e. The van der Waals surface area contributed by atoms with E-state index in [1.165, 1.54) is 0 Å². The number of fused-ring (bicyclic) bond motifs is 1. The molecule has 1 atom stereocenters. The summed E-state index contributed by atoms with van der Waals surface area (Å²) >= 11 is 7.69. The zero-order valence-corrected chi connectivity index (χ0v) is 20.5. The highest BCUT2D eigenvalue weighted by molar-refractivity contribution is 7.13. The number of nitrogens with zero attached hydrogens (tertiary/aromatic N) is 5. The van der Waals surface area contributed by atoms with Gasteiger partial charge in [0, 0.05) is 30.5 Å². The molecule has 5 rings (SSSR count). The van der Waals surface area contributed by atoms with E-state index in [4.69, 9.17) is 16.6 Å². The summed E-state index contributed by atoms with van der Waals surface area (Å²) in [5.41, 5.74) is 2.84. The first kappa shape index (κ1) is 22.3. The Kier molecular flexibility index (Phi) is 5.93. The summed E-state index contributed by atoms with van der Waals surface area (Å²) in [5.74, 6) is 0.494. The maximum atomic E-state index is 13.8. The molecule has 5 aromatic rings. The fraction of sp³-hybridized carbons (Fsp3) is 0.200. The number of thiophene rings is 1. The van der Waals surface area contributed by atoms with E-state index in [1.807, 2.05) is 84.2 Å². The number of hydrogen-bond acceptors (Lipinski definition) is 5. The number of carbonyl (C=O) groups excluding carboxylic acids is 1. The highest BCUT2D eigenvalue weighted by Crippen LogP contribution is 2.30. The summed E-state index contributed by atoms with van der Waals surface area (Å²) in [6.45, 7) is 4.09. The number of pyridine rings is 1. The number of amides is 1. The van der Waals surface area contributed by atoms with Crippen molar-refractivity contribution in [2.45, 2.75) is 25.9 Å². The van der Waals surface area contributed by atoms with E-state index in [9.17, 15) is 4.79 Å². The van der Waals surface area contributed by atoms with Crippen molar-refractivity contribution >= 4 is 39.9 Å². The van der Waals surface area contributed by atoms with Crippen LogP contribution in [-0.4, -0.2) is 30.2 Å². The van der Waals surface area contributed by atoms with Crippen LogP contribution in [0, 0.1) is 0 Å². The Balaban J connectivity index is 1.61. The van der Waals surface area contributed by atoms with Crippen LogP contribution in [0.5, 0.6) is 0 Å². The molecular weight excluding hydrogens is 468 g/mol. The molecule has 4 heterocycles. The van der Waals surface area contributed by atoms with Crippen LogP contribution in [-0.2, 0) is 7.05 Å². The summed E-state index contributed by atoms with van der Waals surface area (Å²) in [5, 5.41) is 11.0. The molecule has 172 valence electrons. The van der Waals surface area contributed by atoms with Crippen molar-refractivity contribution in [3.63, 3.8) is 0 Å². The Bertz CT molecular complexity index is 1450. The Morgan fingerprint density at radius 1 is 1.18 bits per heavy atom. The predicted octanol–water partition coefficient (Wildman–Crippen LogP) is 5.65. The first-order chi connectivity index (χ1) is 16.4. The second kappa shape index (κ2) is 9.04. The fourth-order valence-electron chi connectivity index (χ4n) is 3.95. The summed E-state index contributed by atoms with van der Waals surface area (Å²) in [6.07, 6.45) is 5.29. The Labute approximate surface area is 206 Å². The zero-order chi connectivity index (χ0) is 23.8. The molecule has 0 radical (unpaired) electrons. The van der Waals surface area contributed by atoms with E-state index in [2.05, 4.69) is 15.4 Å². The van der Waals surface area contributed by atoms with Gasteiger partial charge < -0.3 is 9.88 Å². The molecule has 0 bridgehead atoms. The van der Waals surface area contributed by atoms with Gasteiger partial charge in [-0.2, -0.15) is 5.10 Å². The number of benzene rings is 1. The van der Waals surface area contributed by atoms with Crippen molar-refractivity contribution in [3.8, 4) is 10.6 Å². The van der Waals surface area contributed by atoms with Crippen molar-refractivity contribution < 1.29 is 4.79 Å². The molecule has 34 heavy (non-hydrogen) atoms. The molecule has 1 aromatic carbocycles. The van der Waals surface area contributed by atoms with Gasteiger partial charge in [0.1, 0.15) is 11.9 Å². The molecule has 7 nitrogen and oxygen atoms in total. The van der Waals surface area contributed by atoms with Crippen LogP contribution < -0.4 is 5.32 Å². The van der Waals surface area contributed by atoms with Gasteiger partial charge in [-0.1, -0.05) is 29.8 Å². The van der Waals surface area contributed by atoms with Gasteiger partial charge in [0.05, 0.1) is 27.7 Å². The van der Waals surface area contributed by atoms with Crippen molar-refractivity contribution in [1.82, 2.24) is 29.6 Å². The second-order valence-corrected chi connectivity index (χ2v) is 9.69. The zero-order valence-electron chi connectivity index (χ0n) is 18.9. The fourth-order valence-corrected chi connectivity index (χ4v) is 4.76. The number of rotatable bonds is 6. The quantitative estimate of drug-likeness (QED) is 0.334. The molecule has 0 unspecified atom stereocenters. The SMILES string of the molecule is CC(C)n1ncc2c(C(=O)N[C@@H](c3ccc(Cl)cc3)c3nccn3C)cc(-c3cccs3)nc21. The number of carbonyl (C=O) groups is 1. The van der Waals surface area contributed by atoms with Crippen LogP contribution in [0.1, 0.15) is 47.7 Å². The van der Waals surface area contributed by atoms with E-state index < -0.39 is 6.04 Å². The standard InChI is InChI=1S/C25H23ClN6OS/c1-15(2)32-23-19(14-28-32)18(13-20(29-23)21-5-4-12-34-21)25(33)30-22(24-27-10-11-31(24)3)16-6-8-17(26)9-7-16/h4-15,22H,1-3H3,(H,30,33)/t22-/m0/s1. The number of imidazole rings is 1. The molecule has 0 spiro atoms. The molecule has 9 heteroatoms. The summed E-state index contributed by atoms with van der Waals surface area (Å²) in [4.78, 5) is 24.1. The lowest BCUT2D eigenvalue weighted by Crippen LogP contribution is -2.31. The first-order valence-electron chi connectivity index (χ1n) is 10.9. The summed E-state index contributed by atoms with van der Waals surface area (Å²) < 4.78 is 3.74. The Morgan fingerprint density at radius 3 is 2.62 bits per heavy atom. The van der Waals surface area contributed by atoms with E-state index in [0.29, 0.717) is 21.6 Å². The first-order valence-corrected chi connectivity index (χ1v) is 12.1. The van der Waals surface area contributed by atoms with E-state index in [1.54, 1.807) is 23.7 Å². The average Bonchev–Trinajstić information content (AvgIpc) is 3.58. The van der Waals surface area contributed by atoms with E-state index in [-0.39, 0.29) is 11.9 Å². The van der Waals surface area contributed by atoms with Crippen LogP contribution in [0.25, 0.3) is 21.6 Å². The van der Waals surface area contributed by atoms with Crippen LogP contribution >= 0.6 is 22.9 Å². The lowest BCUT2D eigenvalue weighted by Gasteiger charge is -2.20. The van der Waals surface area contributed by atoms with Crippen LogP contribution in [0.4, 0.5) is 0 Å². The minimum atomic E-state index is -0.460. The van der Waals surface area contributed by atoms with Gasteiger partial charge in [-0.05, 0) is 49.1 Å². The highest BCUT2D eigenvalue weighted by Gasteiger charge is 2.24. The minimum absolute atomic E-state index is 0.105. The lowest BCUT2D eigenvalue weighted by molar-refractivity contribution is 0.0943. The number of aryl methyl sites for hydroxylation is 1. The molecule has 1 N–H and O–H groups in total. The van der Waals surface area contributed by atoms with Crippen molar-refractivity contribution in [1.29, 1.82) is 0 Å². The second-order valence-electron chi connectivity index (χ2n) is 8.31. The molecule has 0 fully saturated rings. The average molecular weight is 491 g/mol. The van der Waals surface area contributed by atoms with Gasteiger partial charge in [0.2, 0.25) is 0 Å². The third-order valence-electron chi connectivity index (χ3n) is 5.67. The molecule has 0 aliphatic carbocycles. The topological polar surface area (TPSA) is 77.6 Å². The van der Waals surface area contributed by atoms with Crippen molar-refractivity contribution in [2.75, 3.05) is 0 Å². The monoisotopic (exact) mass is 490 g/mol. The van der Waals surface area contributed by atoms with Crippen molar-refractivity contribution in [2.24, 2.45) is 7.05 Å². The third kappa shape index (κ3) is 4.10. The largest absolute Gasteiger partial charge is 0.338 e. The Morgan fingerprint density at radius 2 is 1.97 bits per heavy atom. The molecule has 1 amide bonds. The summed E-state index contributed by atoms with van der Waals surface area (Å²) in [6, 6.07) is 12.9. The normalized spacial score (nSPS) is 12.4. The molecule has 0 saturated carbocycles. The Hall–Kier alpha value is -3.49. The van der Waals surface area contributed by atoms with Gasteiger partial charge in [-0.3, -0.25) is 4.79 Å². The number of hydrogen-bond donors (Lipinski definition) is 1. The van der Waals surface area contributed by atoms with Gasteiger partial charge in [-0.25, -0.2) is 14.6 Å². The van der Waals surface area contributed by atoms with Gasteiger partial charge in [-0.15, -0.1) is 11.3 Å². The smallest absolute Gasteiger partial charge is 0.253 e. The number of aromatic nitrogens is 5. The molecular formula is C25H23ClN6OS. The van der Waals surface area contributed by atoms with E-state index >= 15 is 0 Å². The highest BCUT2D eigenvalue weighted by atomic mass is 35.5. The third-order valence-corrected chi connectivity index (χ3v) is 6.81. The van der Waals surface area contributed by atoms with Crippen LogP contribution in [0.3, 0.4) is 0 Å². The van der Waals surface area contributed by atoms with Gasteiger partial charge in [0.25, 0.3) is 5.91 Å². The van der Waals surface area contributed by atoms with Crippen LogP contribution in [0.15, 0.2) is 66.4 Å². The number of nitrogens with one attached hydrogen (secondary N) is 1. The number of halogens is 1. The van der Waals surface area contributed by atoms with Gasteiger partial charge >= 0.3 is 0 Å².